The maximum atomic E-state index is 13.1. The second-order valence-electron chi connectivity index (χ2n) is 8.55. The van der Waals surface area contributed by atoms with Crippen LogP contribution in [-0.4, -0.2) is 41.0 Å². The minimum absolute atomic E-state index is 0.0516. The highest BCUT2D eigenvalue weighted by Gasteiger charge is 2.51. The highest BCUT2D eigenvalue weighted by atomic mass is 16.3. The number of nitrogens with one attached hydrogen (secondary N) is 1. The van der Waals surface area contributed by atoms with E-state index in [-0.39, 0.29) is 23.3 Å². The Balaban J connectivity index is 1.57. The van der Waals surface area contributed by atoms with E-state index in [9.17, 15) is 19.8 Å². The molecule has 1 aliphatic rings. The third kappa shape index (κ3) is 3.91. The summed E-state index contributed by atoms with van der Waals surface area (Å²) in [6.45, 7) is 2.00. The Morgan fingerprint density at radius 2 is 1.59 bits per heavy atom. The number of benzene rings is 3. The monoisotopic (exact) mass is 430 g/mol. The number of phenols is 2. The van der Waals surface area contributed by atoms with E-state index in [1.54, 1.807) is 32.3 Å². The molecule has 0 atom stereocenters. The SMILES string of the molecule is Cc1ccc(NC(=O)C2(c3ccc(O)c(O)c3)CC2)cc1-c1ccc(C(=O)N(C)C)cc1. The lowest BCUT2D eigenvalue weighted by atomic mass is 9.94. The predicted octanol–water partition coefficient (Wildman–Crippen LogP) is 4.45. The number of anilines is 1. The van der Waals surface area contributed by atoms with Gasteiger partial charge in [0.15, 0.2) is 11.5 Å². The number of carbonyl (C=O) groups excluding carboxylic acids is 2. The van der Waals surface area contributed by atoms with Crippen molar-refractivity contribution in [2.45, 2.75) is 25.2 Å². The number of hydrogen-bond donors (Lipinski definition) is 3. The first kappa shape index (κ1) is 21.4. The Kier molecular flexibility index (Phi) is 5.38. The largest absolute Gasteiger partial charge is 0.504 e. The second kappa shape index (κ2) is 8.04. The molecular formula is C26H26N2O4. The van der Waals surface area contributed by atoms with Gasteiger partial charge in [-0.2, -0.15) is 0 Å². The van der Waals surface area contributed by atoms with Crippen molar-refractivity contribution in [1.29, 1.82) is 0 Å². The maximum Gasteiger partial charge on any atom is 0.253 e. The van der Waals surface area contributed by atoms with Gasteiger partial charge in [-0.15, -0.1) is 0 Å². The summed E-state index contributed by atoms with van der Waals surface area (Å²) in [5, 5.41) is 22.4. The molecule has 0 bridgehead atoms. The summed E-state index contributed by atoms with van der Waals surface area (Å²) in [4.78, 5) is 26.8. The number of aryl methyl sites for hydroxylation is 1. The summed E-state index contributed by atoms with van der Waals surface area (Å²) in [5.41, 5.74) is 4.28. The average molecular weight is 431 g/mol. The first-order chi connectivity index (χ1) is 15.2. The normalized spacial score (nSPS) is 14.0. The molecule has 0 unspecified atom stereocenters. The summed E-state index contributed by atoms with van der Waals surface area (Å²) in [7, 11) is 3.44. The van der Waals surface area contributed by atoms with Gasteiger partial charge in [0.1, 0.15) is 0 Å². The first-order valence-electron chi connectivity index (χ1n) is 10.5. The molecule has 3 N–H and O–H groups in total. The van der Waals surface area contributed by atoms with Gasteiger partial charge in [0, 0.05) is 25.3 Å². The second-order valence-corrected chi connectivity index (χ2v) is 8.55. The zero-order valence-electron chi connectivity index (χ0n) is 18.3. The number of amides is 2. The molecule has 2 amide bonds. The fourth-order valence-corrected chi connectivity index (χ4v) is 3.90. The lowest BCUT2D eigenvalue weighted by molar-refractivity contribution is -0.118. The molecule has 6 heteroatoms. The standard InChI is InChI=1S/C26H26N2O4/c1-16-4-10-20(15-21(16)17-5-7-18(8-6-17)24(31)28(2)3)27-25(32)26(12-13-26)19-9-11-22(29)23(30)14-19/h4-11,14-15,29-30H,12-13H2,1-3H3,(H,27,32). The summed E-state index contributed by atoms with van der Waals surface area (Å²) in [5.74, 6) is -0.615. The molecule has 1 fully saturated rings. The Bertz CT molecular complexity index is 1190. The molecular weight excluding hydrogens is 404 g/mol. The van der Waals surface area contributed by atoms with Crippen molar-refractivity contribution in [3.05, 3.63) is 77.4 Å². The van der Waals surface area contributed by atoms with Crippen molar-refractivity contribution in [2.75, 3.05) is 19.4 Å². The molecule has 32 heavy (non-hydrogen) atoms. The van der Waals surface area contributed by atoms with E-state index >= 15 is 0 Å². The molecule has 0 saturated heterocycles. The summed E-state index contributed by atoms with van der Waals surface area (Å²) in [6.07, 6.45) is 1.37. The van der Waals surface area contributed by atoms with Crippen LogP contribution in [-0.2, 0) is 10.2 Å². The lowest BCUT2D eigenvalue weighted by Crippen LogP contribution is -2.27. The van der Waals surface area contributed by atoms with Crippen LogP contribution in [0, 0.1) is 6.92 Å². The van der Waals surface area contributed by atoms with Crippen molar-refractivity contribution in [3.63, 3.8) is 0 Å². The van der Waals surface area contributed by atoms with Crippen molar-refractivity contribution < 1.29 is 19.8 Å². The number of phenolic OH excluding ortho intramolecular Hbond substituents is 2. The van der Waals surface area contributed by atoms with Crippen LogP contribution in [0.15, 0.2) is 60.7 Å². The van der Waals surface area contributed by atoms with Crippen molar-refractivity contribution in [1.82, 2.24) is 4.90 Å². The molecule has 1 aliphatic carbocycles. The third-order valence-corrected chi connectivity index (χ3v) is 6.06. The average Bonchev–Trinajstić information content (AvgIpc) is 3.59. The number of hydrogen-bond acceptors (Lipinski definition) is 4. The zero-order chi connectivity index (χ0) is 23.0. The highest BCUT2D eigenvalue weighted by Crippen LogP contribution is 2.50. The highest BCUT2D eigenvalue weighted by molar-refractivity contribution is 6.02. The number of carbonyl (C=O) groups is 2. The molecule has 0 aliphatic heterocycles. The predicted molar refractivity (Wildman–Crippen MR) is 124 cm³/mol. The van der Waals surface area contributed by atoms with Gasteiger partial charge in [-0.05, 0) is 78.4 Å². The van der Waals surface area contributed by atoms with Crippen LogP contribution in [0.2, 0.25) is 0 Å². The molecule has 0 spiro atoms. The summed E-state index contributed by atoms with van der Waals surface area (Å²) in [6, 6.07) is 17.7. The van der Waals surface area contributed by atoms with E-state index in [2.05, 4.69) is 5.32 Å². The molecule has 4 rings (SSSR count). The Hall–Kier alpha value is -3.80. The Morgan fingerprint density at radius 1 is 0.906 bits per heavy atom. The zero-order valence-corrected chi connectivity index (χ0v) is 18.3. The van der Waals surface area contributed by atoms with Gasteiger partial charge < -0.3 is 20.4 Å². The van der Waals surface area contributed by atoms with Gasteiger partial charge in [-0.1, -0.05) is 24.3 Å². The molecule has 0 heterocycles. The number of rotatable bonds is 5. The van der Waals surface area contributed by atoms with Crippen LogP contribution in [0.3, 0.4) is 0 Å². The Labute approximate surface area is 187 Å². The summed E-state index contributed by atoms with van der Waals surface area (Å²) < 4.78 is 0. The van der Waals surface area contributed by atoms with Gasteiger partial charge >= 0.3 is 0 Å². The fraction of sp³-hybridized carbons (Fsp3) is 0.231. The van der Waals surface area contributed by atoms with Crippen LogP contribution >= 0.6 is 0 Å². The van der Waals surface area contributed by atoms with Gasteiger partial charge in [0.2, 0.25) is 5.91 Å². The molecule has 1 saturated carbocycles. The lowest BCUT2D eigenvalue weighted by Gasteiger charge is -2.17. The minimum atomic E-state index is -0.690. The topological polar surface area (TPSA) is 89.9 Å². The van der Waals surface area contributed by atoms with Crippen molar-refractivity contribution >= 4 is 17.5 Å². The van der Waals surface area contributed by atoms with E-state index in [1.807, 2.05) is 37.3 Å². The van der Waals surface area contributed by atoms with Crippen LogP contribution in [0.5, 0.6) is 11.5 Å². The maximum absolute atomic E-state index is 13.1. The van der Waals surface area contributed by atoms with Gasteiger partial charge in [-0.25, -0.2) is 0 Å². The van der Waals surface area contributed by atoms with Crippen molar-refractivity contribution in [2.24, 2.45) is 0 Å². The smallest absolute Gasteiger partial charge is 0.253 e. The number of nitrogens with zero attached hydrogens (tertiary/aromatic N) is 1. The molecule has 0 radical (unpaired) electrons. The molecule has 3 aromatic carbocycles. The van der Waals surface area contributed by atoms with E-state index in [0.717, 1.165) is 16.7 Å². The molecule has 6 nitrogen and oxygen atoms in total. The molecule has 164 valence electrons. The number of aromatic hydroxyl groups is 2. The van der Waals surface area contributed by atoms with E-state index in [1.165, 1.54) is 17.0 Å². The quantitative estimate of drug-likeness (QED) is 0.522. The van der Waals surface area contributed by atoms with Crippen molar-refractivity contribution in [3.8, 4) is 22.6 Å². The van der Waals surface area contributed by atoms with Crippen LogP contribution in [0.25, 0.3) is 11.1 Å². The van der Waals surface area contributed by atoms with Gasteiger partial charge in [0.05, 0.1) is 5.41 Å². The van der Waals surface area contributed by atoms with E-state index in [4.69, 9.17) is 0 Å². The van der Waals surface area contributed by atoms with Crippen LogP contribution in [0.4, 0.5) is 5.69 Å². The van der Waals surface area contributed by atoms with Gasteiger partial charge in [-0.3, -0.25) is 9.59 Å². The van der Waals surface area contributed by atoms with Crippen LogP contribution < -0.4 is 5.32 Å². The molecule has 3 aromatic rings. The third-order valence-electron chi connectivity index (χ3n) is 6.06. The summed E-state index contributed by atoms with van der Waals surface area (Å²) >= 11 is 0. The van der Waals surface area contributed by atoms with E-state index < -0.39 is 5.41 Å². The van der Waals surface area contributed by atoms with Gasteiger partial charge in [0.25, 0.3) is 5.91 Å². The fourth-order valence-electron chi connectivity index (χ4n) is 3.90. The minimum Gasteiger partial charge on any atom is -0.504 e. The van der Waals surface area contributed by atoms with Crippen LogP contribution in [0.1, 0.15) is 34.3 Å². The first-order valence-corrected chi connectivity index (χ1v) is 10.5. The molecule has 0 aromatic heterocycles. The Morgan fingerprint density at radius 3 is 2.19 bits per heavy atom. The van der Waals surface area contributed by atoms with E-state index in [0.29, 0.717) is 29.7 Å².